The van der Waals surface area contributed by atoms with Gasteiger partial charge in [0.15, 0.2) is 0 Å². The van der Waals surface area contributed by atoms with Crippen LogP contribution in [-0.4, -0.2) is 12.8 Å². The summed E-state index contributed by atoms with van der Waals surface area (Å²) in [6, 6.07) is 16.2. The van der Waals surface area contributed by atoms with E-state index in [2.05, 4.69) is 19.1 Å². The molecular formula is C19H18O3. The van der Waals surface area contributed by atoms with E-state index in [1.54, 1.807) is 6.92 Å². The summed E-state index contributed by atoms with van der Waals surface area (Å²) < 4.78 is 10.5. The summed E-state index contributed by atoms with van der Waals surface area (Å²) in [6.45, 7) is 4.15. The molecule has 112 valence electrons. The molecule has 0 fully saturated rings. The molecule has 0 saturated carbocycles. The van der Waals surface area contributed by atoms with E-state index >= 15 is 0 Å². The molecule has 0 spiro atoms. The first-order chi connectivity index (χ1) is 10.7. The second kappa shape index (κ2) is 6.06. The van der Waals surface area contributed by atoms with Crippen LogP contribution in [-0.2, 0) is 11.2 Å². The number of fused-ring (bicyclic) bond motifs is 2. The smallest absolute Gasteiger partial charge is 0.434 e. The second-order valence-corrected chi connectivity index (χ2v) is 5.08. The average Bonchev–Trinajstić information content (AvgIpc) is 2.54. The monoisotopic (exact) mass is 294 g/mol. The zero-order valence-electron chi connectivity index (χ0n) is 12.8. The zero-order chi connectivity index (χ0) is 15.5. The van der Waals surface area contributed by atoms with Crippen molar-refractivity contribution in [2.75, 3.05) is 6.61 Å². The molecule has 0 radical (unpaired) electrons. The van der Waals surface area contributed by atoms with Gasteiger partial charge in [-0.3, -0.25) is 0 Å². The van der Waals surface area contributed by atoms with Gasteiger partial charge in [-0.05, 0) is 35.7 Å². The van der Waals surface area contributed by atoms with Gasteiger partial charge in [0.2, 0.25) is 0 Å². The Morgan fingerprint density at radius 3 is 2.55 bits per heavy atom. The summed E-state index contributed by atoms with van der Waals surface area (Å²) in [7, 11) is 0. The molecular weight excluding hydrogens is 276 g/mol. The number of ether oxygens (including phenoxy) is 2. The number of hydrogen-bond acceptors (Lipinski definition) is 3. The molecule has 22 heavy (non-hydrogen) atoms. The Kier molecular flexibility index (Phi) is 3.96. The first-order valence-corrected chi connectivity index (χ1v) is 7.52. The summed E-state index contributed by atoms with van der Waals surface area (Å²) in [6.07, 6.45) is 0.209. The fourth-order valence-corrected chi connectivity index (χ4v) is 2.78. The van der Waals surface area contributed by atoms with E-state index in [-0.39, 0.29) is 0 Å². The standard InChI is InChI=1S/C19H18O3/c1-3-13-9-7-10-15-12-14-8-5-6-11-16(14)18(17(13)15)22-19(20)21-4-2/h5-12H,3-4H2,1-2H3. The van der Waals surface area contributed by atoms with Crippen molar-refractivity contribution >= 4 is 27.7 Å². The van der Waals surface area contributed by atoms with Gasteiger partial charge in [0.1, 0.15) is 5.75 Å². The topological polar surface area (TPSA) is 35.5 Å². The van der Waals surface area contributed by atoms with E-state index in [0.29, 0.717) is 12.4 Å². The van der Waals surface area contributed by atoms with Crippen molar-refractivity contribution in [2.45, 2.75) is 20.3 Å². The van der Waals surface area contributed by atoms with E-state index in [4.69, 9.17) is 9.47 Å². The van der Waals surface area contributed by atoms with E-state index in [0.717, 1.165) is 33.5 Å². The van der Waals surface area contributed by atoms with Gasteiger partial charge in [-0.2, -0.15) is 0 Å². The zero-order valence-corrected chi connectivity index (χ0v) is 12.8. The molecule has 3 nitrogen and oxygen atoms in total. The van der Waals surface area contributed by atoms with Crippen LogP contribution in [0, 0.1) is 0 Å². The predicted molar refractivity (Wildman–Crippen MR) is 88.5 cm³/mol. The Labute approximate surface area is 129 Å². The second-order valence-electron chi connectivity index (χ2n) is 5.08. The Balaban J connectivity index is 2.32. The lowest BCUT2D eigenvalue weighted by Gasteiger charge is -2.14. The van der Waals surface area contributed by atoms with Gasteiger partial charge < -0.3 is 9.47 Å². The predicted octanol–water partition coefficient (Wildman–Crippen LogP) is 5.09. The van der Waals surface area contributed by atoms with Gasteiger partial charge in [-0.25, -0.2) is 4.79 Å². The lowest BCUT2D eigenvalue weighted by Crippen LogP contribution is -2.11. The van der Waals surface area contributed by atoms with E-state index in [1.165, 1.54) is 0 Å². The lowest BCUT2D eigenvalue weighted by atomic mass is 9.97. The molecule has 0 aromatic heterocycles. The molecule has 3 aromatic rings. The molecule has 0 N–H and O–H groups in total. The average molecular weight is 294 g/mol. The molecule has 0 saturated heterocycles. The van der Waals surface area contributed by atoms with Crippen molar-refractivity contribution in [3.8, 4) is 5.75 Å². The Morgan fingerprint density at radius 2 is 1.77 bits per heavy atom. The van der Waals surface area contributed by atoms with E-state index < -0.39 is 6.16 Å². The Morgan fingerprint density at radius 1 is 1.00 bits per heavy atom. The normalized spacial score (nSPS) is 10.8. The molecule has 0 aliphatic rings. The minimum Gasteiger partial charge on any atom is -0.434 e. The maximum Gasteiger partial charge on any atom is 0.513 e. The quantitative estimate of drug-likeness (QED) is 0.383. The minimum atomic E-state index is -0.661. The van der Waals surface area contributed by atoms with Crippen molar-refractivity contribution in [3.05, 3.63) is 54.1 Å². The van der Waals surface area contributed by atoms with Crippen LogP contribution in [0.5, 0.6) is 5.75 Å². The highest BCUT2D eigenvalue weighted by Crippen LogP contribution is 2.37. The van der Waals surface area contributed by atoms with Crippen molar-refractivity contribution < 1.29 is 14.3 Å². The number of aryl methyl sites for hydroxylation is 1. The summed E-state index contributed by atoms with van der Waals surface area (Å²) in [4.78, 5) is 11.9. The van der Waals surface area contributed by atoms with Crippen LogP contribution in [0.4, 0.5) is 4.79 Å². The van der Waals surface area contributed by atoms with Crippen LogP contribution in [0.2, 0.25) is 0 Å². The van der Waals surface area contributed by atoms with Crippen molar-refractivity contribution in [1.29, 1.82) is 0 Å². The number of benzene rings is 3. The van der Waals surface area contributed by atoms with Crippen LogP contribution in [0.3, 0.4) is 0 Å². The first-order valence-electron chi connectivity index (χ1n) is 7.52. The molecule has 3 aromatic carbocycles. The summed E-state index contributed by atoms with van der Waals surface area (Å²) in [5.41, 5.74) is 1.16. The van der Waals surface area contributed by atoms with Crippen molar-refractivity contribution in [3.63, 3.8) is 0 Å². The molecule has 3 heteroatoms. The molecule has 0 amide bonds. The van der Waals surface area contributed by atoms with E-state index in [1.807, 2.05) is 36.4 Å². The number of rotatable bonds is 3. The van der Waals surface area contributed by atoms with Crippen LogP contribution in [0.25, 0.3) is 21.5 Å². The third-order valence-corrected chi connectivity index (χ3v) is 3.75. The molecule has 0 aliphatic heterocycles. The maximum atomic E-state index is 11.9. The molecule has 0 bridgehead atoms. The molecule has 0 heterocycles. The van der Waals surface area contributed by atoms with Gasteiger partial charge in [0.25, 0.3) is 0 Å². The van der Waals surface area contributed by atoms with Crippen molar-refractivity contribution in [1.82, 2.24) is 0 Å². The largest absolute Gasteiger partial charge is 0.513 e. The molecule has 0 atom stereocenters. The van der Waals surface area contributed by atoms with Crippen LogP contribution in [0.1, 0.15) is 19.4 Å². The third-order valence-electron chi connectivity index (χ3n) is 3.75. The highest BCUT2D eigenvalue weighted by atomic mass is 16.7. The van der Waals surface area contributed by atoms with Crippen LogP contribution >= 0.6 is 0 Å². The summed E-state index contributed by atoms with van der Waals surface area (Å²) in [5, 5.41) is 4.01. The van der Waals surface area contributed by atoms with E-state index in [9.17, 15) is 4.79 Å². The Bertz CT molecular complexity index is 837. The van der Waals surface area contributed by atoms with Crippen molar-refractivity contribution in [2.24, 2.45) is 0 Å². The maximum absolute atomic E-state index is 11.9. The summed E-state index contributed by atoms with van der Waals surface area (Å²) >= 11 is 0. The highest BCUT2D eigenvalue weighted by Gasteiger charge is 2.15. The highest BCUT2D eigenvalue weighted by molar-refractivity contribution is 6.07. The SMILES string of the molecule is CCOC(=O)Oc1c2ccccc2cc2cccc(CC)c12. The summed E-state index contributed by atoms with van der Waals surface area (Å²) in [5.74, 6) is 0.587. The van der Waals surface area contributed by atoms with Gasteiger partial charge in [0.05, 0.1) is 6.61 Å². The fraction of sp³-hybridized carbons (Fsp3) is 0.211. The minimum absolute atomic E-state index is 0.294. The van der Waals surface area contributed by atoms with Gasteiger partial charge in [0, 0.05) is 10.8 Å². The third kappa shape index (κ3) is 2.50. The first kappa shape index (κ1) is 14.4. The number of carbonyl (C=O) groups is 1. The van der Waals surface area contributed by atoms with Gasteiger partial charge in [-0.1, -0.05) is 49.4 Å². The number of carbonyl (C=O) groups excluding carboxylic acids is 1. The Hall–Kier alpha value is -2.55. The number of hydrogen-bond donors (Lipinski definition) is 0. The van der Waals surface area contributed by atoms with Crippen LogP contribution in [0.15, 0.2) is 48.5 Å². The van der Waals surface area contributed by atoms with Crippen LogP contribution < -0.4 is 4.74 Å². The molecule has 0 aliphatic carbocycles. The van der Waals surface area contributed by atoms with Gasteiger partial charge in [-0.15, -0.1) is 0 Å². The molecule has 0 unspecified atom stereocenters. The van der Waals surface area contributed by atoms with Gasteiger partial charge >= 0.3 is 6.16 Å². The fourth-order valence-electron chi connectivity index (χ4n) is 2.78. The lowest BCUT2D eigenvalue weighted by molar-refractivity contribution is 0.105. The molecule has 3 rings (SSSR count).